The number of alkyl halides is 3. The van der Waals surface area contributed by atoms with Gasteiger partial charge in [0.25, 0.3) is 0 Å². The zero-order valence-electron chi connectivity index (χ0n) is 15.8. The Hall–Kier alpha value is -2.22. The molecule has 2 rings (SSSR count). The Labute approximate surface area is 166 Å². The number of aliphatic carboxylic acids is 1. The molecule has 3 atom stereocenters. The highest BCUT2D eigenvalue weighted by Gasteiger charge is 2.40. The van der Waals surface area contributed by atoms with Crippen molar-refractivity contribution in [1.29, 1.82) is 0 Å². The molecule has 0 aromatic heterocycles. The maximum Gasteiger partial charge on any atom is 0.417 e. The van der Waals surface area contributed by atoms with Crippen LogP contribution in [0.3, 0.4) is 0 Å². The summed E-state index contributed by atoms with van der Waals surface area (Å²) in [6.07, 6.45) is -0.398. The molecule has 1 aromatic carbocycles. The highest BCUT2D eigenvalue weighted by atomic mass is 19.4. The van der Waals surface area contributed by atoms with Crippen LogP contribution in [0.4, 0.5) is 17.6 Å². The van der Waals surface area contributed by atoms with Gasteiger partial charge in [0.05, 0.1) is 11.7 Å². The molecule has 1 aliphatic carbocycles. The molecule has 0 aliphatic heterocycles. The predicted molar refractivity (Wildman–Crippen MR) is 98.4 cm³/mol. The van der Waals surface area contributed by atoms with Crippen molar-refractivity contribution in [2.45, 2.75) is 57.2 Å². The van der Waals surface area contributed by atoms with Gasteiger partial charge < -0.3 is 10.2 Å². The van der Waals surface area contributed by atoms with Crippen LogP contribution >= 0.6 is 0 Å². The standard InChI is InChI=1S/C21H24F4O4/c22-17-8-5-7-16(21(23,24)25)15(17)11-10-14-13(18(26)12-19(14)27)6-3-1-2-4-9-20(28)29/h5,7-8,10-11,13-14,19,27H,1-4,6,9,12H2,(H,28,29)/t13-,14-,19+/m0/s1. The van der Waals surface area contributed by atoms with Crippen molar-refractivity contribution in [2.24, 2.45) is 11.8 Å². The summed E-state index contributed by atoms with van der Waals surface area (Å²) in [5.41, 5.74) is -1.72. The van der Waals surface area contributed by atoms with E-state index >= 15 is 0 Å². The molecule has 0 amide bonds. The van der Waals surface area contributed by atoms with Crippen molar-refractivity contribution in [2.75, 3.05) is 0 Å². The van der Waals surface area contributed by atoms with Gasteiger partial charge in [-0.2, -0.15) is 13.2 Å². The number of aliphatic hydroxyl groups excluding tert-OH is 1. The minimum absolute atomic E-state index is 0.0800. The summed E-state index contributed by atoms with van der Waals surface area (Å²) in [4.78, 5) is 22.7. The monoisotopic (exact) mass is 416 g/mol. The smallest absolute Gasteiger partial charge is 0.417 e. The second-order valence-corrected chi connectivity index (χ2v) is 7.33. The first kappa shape index (κ1) is 23.1. The lowest BCUT2D eigenvalue weighted by Gasteiger charge is -2.18. The minimum atomic E-state index is -4.72. The number of carboxylic acids is 1. The summed E-state index contributed by atoms with van der Waals surface area (Å²) in [7, 11) is 0. The number of halogens is 4. The van der Waals surface area contributed by atoms with Crippen LogP contribution in [0.5, 0.6) is 0 Å². The molecule has 0 unspecified atom stereocenters. The second-order valence-electron chi connectivity index (χ2n) is 7.33. The number of carbonyl (C=O) groups is 2. The van der Waals surface area contributed by atoms with E-state index in [9.17, 15) is 32.3 Å². The summed E-state index contributed by atoms with van der Waals surface area (Å²) < 4.78 is 53.3. The maximum absolute atomic E-state index is 14.0. The summed E-state index contributed by atoms with van der Waals surface area (Å²) in [6, 6.07) is 2.70. The molecule has 1 aliphatic rings. The number of hydrogen-bond donors (Lipinski definition) is 2. The van der Waals surface area contributed by atoms with Crippen molar-refractivity contribution < 1.29 is 37.4 Å². The molecule has 1 saturated carbocycles. The normalized spacial score (nSPS) is 22.5. The van der Waals surface area contributed by atoms with Crippen LogP contribution in [0.15, 0.2) is 24.3 Å². The van der Waals surface area contributed by atoms with E-state index in [1.165, 1.54) is 6.08 Å². The summed E-state index contributed by atoms with van der Waals surface area (Å²) in [5, 5.41) is 18.8. The van der Waals surface area contributed by atoms with Gasteiger partial charge in [-0.05, 0) is 25.0 Å². The van der Waals surface area contributed by atoms with Gasteiger partial charge in [0.2, 0.25) is 0 Å². The van der Waals surface area contributed by atoms with Gasteiger partial charge >= 0.3 is 12.1 Å². The molecule has 160 valence electrons. The van der Waals surface area contributed by atoms with Crippen LogP contribution < -0.4 is 0 Å². The van der Waals surface area contributed by atoms with Crippen molar-refractivity contribution in [3.63, 3.8) is 0 Å². The van der Waals surface area contributed by atoms with Crippen LogP contribution in [0, 0.1) is 17.7 Å². The Bertz CT molecular complexity index is 758. The molecule has 8 heteroatoms. The van der Waals surface area contributed by atoms with E-state index in [1.54, 1.807) is 0 Å². The van der Waals surface area contributed by atoms with E-state index in [0.717, 1.165) is 30.7 Å². The fourth-order valence-electron chi connectivity index (χ4n) is 3.75. The van der Waals surface area contributed by atoms with E-state index in [-0.39, 0.29) is 18.6 Å². The number of carboxylic acid groups (broad SMARTS) is 1. The molecular formula is C21H24F4O4. The zero-order valence-corrected chi connectivity index (χ0v) is 15.8. The van der Waals surface area contributed by atoms with Gasteiger partial charge in [0.15, 0.2) is 0 Å². The fraction of sp³-hybridized carbons (Fsp3) is 0.524. The molecule has 0 heterocycles. The van der Waals surface area contributed by atoms with Crippen molar-refractivity contribution >= 4 is 17.8 Å². The van der Waals surface area contributed by atoms with Crippen LogP contribution in [0.2, 0.25) is 0 Å². The number of ketones is 1. The van der Waals surface area contributed by atoms with Crippen LogP contribution in [0.1, 0.15) is 56.1 Å². The summed E-state index contributed by atoms with van der Waals surface area (Å²) in [5.74, 6) is -3.27. The lowest BCUT2D eigenvalue weighted by molar-refractivity contribution is -0.138. The molecule has 0 radical (unpaired) electrons. The third-order valence-electron chi connectivity index (χ3n) is 5.23. The van der Waals surface area contributed by atoms with Crippen LogP contribution in [0.25, 0.3) is 6.08 Å². The molecule has 29 heavy (non-hydrogen) atoms. The molecule has 4 nitrogen and oxygen atoms in total. The van der Waals surface area contributed by atoms with Gasteiger partial charge in [0, 0.05) is 30.2 Å². The van der Waals surface area contributed by atoms with Crippen LogP contribution in [-0.4, -0.2) is 28.1 Å². The third kappa shape index (κ3) is 6.39. The molecule has 0 saturated heterocycles. The Morgan fingerprint density at radius 2 is 1.86 bits per heavy atom. The highest BCUT2D eigenvalue weighted by Crippen LogP contribution is 2.37. The van der Waals surface area contributed by atoms with Gasteiger partial charge in [-0.3, -0.25) is 9.59 Å². The first-order chi connectivity index (χ1) is 13.6. The number of hydrogen-bond acceptors (Lipinski definition) is 3. The molecular weight excluding hydrogens is 392 g/mol. The quantitative estimate of drug-likeness (QED) is 0.446. The van der Waals surface area contributed by atoms with Gasteiger partial charge in [-0.15, -0.1) is 0 Å². The summed E-state index contributed by atoms with van der Waals surface area (Å²) >= 11 is 0. The largest absolute Gasteiger partial charge is 0.481 e. The number of aliphatic hydroxyl groups is 1. The fourth-order valence-corrected chi connectivity index (χ4v) is 3.75. The first-order valence-electron chi connectivity index (χ1n) is 9.57. The number of benzene rings is 1. The molecule has 2 N–H and O–H groups in total. The Morgan fingerprint density at radius 1 is 1.17 bits per heavy atom. The van der Waals surface area contributed by atoms with Gasteiger partial charge in [-0.1, -0.05) is 37.5 Å². The average molecular weight is 416 g/mol. The van der Waals surface area contributed by atoms with Gasteiger partial charge in [0.1, 0.15) is 11.6 Å². The van der Waals surface area contributed by atoms with E-state index in [2.05, 4.69) is 0 Å². The van der Waals surface area contributed by atoms with Crippen molar-refractivity contribution in [3.05, 3.63) is 41.2 Å². The number of carbonyl (C=O) groups excluding carboxylic acids is 1. The first-order valence-corrected chi connectivity index (χ1v) is 9.57. The van der Waals surface area contributed by atoms with E-state index in [4.69, 9.17) is 5.11 Å². The molecule has 1 aromatic rings. The van der Waals surface area contributed by atoms with E-state index in [0.29, 0.717) is 25.7 Å². The number of unbranched alkanes of at least 4 members (excludes halogenated alkanes) is 3. The maximum atomic E-state index is 14.0. The average Bonchev–Trinajstić information content (AvgIpc) is 2.88. The van der Waals surface area contributed by atoms with E-state index in [1.807, 2.05) is 0 Å². The highest BCUT2D eigenvalue weighted by molar-refractivity contribution is 5.85. The Kier molecular flexibility index (Phi) is 7.96. The van der Waals surface area contributed by atoms with E-state index < -0.39 is 47.0 Å². The predicted octanol–water partition coefficient (Wildman–Crippen LogP) is 4.85. The number of rotatable bonds is 9. The van der Waals surface area contributed by atoms with Crippen LogP contribution in [-0.2, 0) is 15.8 Å². The lowest BCUT2D eigenvalue weighted by Crippen LogP contribution is -2.18. The SMILES string of the molecule is O=C(O)CCCCCC[C@@H]1C(=O)C[C@@H](O)[C@H]1C=Cc1c(F)cccc1C(F)(F)F. The van der Waals surface area contributed by atoms with Gasteiger partial charge in [-0.25, -0.2) is 4.39 Å². The summed E-state index contributed by atoms with van der Waals surface area (Å²) in [6.45, 7) is 0. The Morgan fingerprint density at radius 3 is 2.52 bits per heavy atom. The number of Topliss-reactive ketones (excluding diaryl/α,β-unsaturated/α-hetero) is 1. The Balaban J connectivity index is 2.06. The second kappa shape index (κ2) is 10.0. The molecule has 0 bridgehead atoms. The lowest BCUT2D eigenvalue weighted by atomic mass is 9.88. The molecule has 0 spiro atoms. The topological polar surface area (TPSA) is 74.6 Å². The molecule has 1 fully saturated rings. The minimum Gasteiger partial charge on any atom is -0.481 e. The van der Waals surface area contributed by atoms with Crippen molar-refractivity contribution in [1.82, 2.24) is 0 Å². The van der Waals surface area contributed by atoms with Crippen molar-refractivity contribution in [3.8, 4) is 0 Å². The zero-order chi connectivity index (χ0) is 21.6. The third-order valence-corrected chi connectivity index (χ3v) is 5.23.